The average Bonchev–Trinajstić information content (AvgIpc) is 3.30. The zero-order valence-corrected chi connectivity index (χ0v) is 17.6. The largest absolute Gasteiger partial charge is 0.497 e. The van der Waals surface area contributed by atoms with Crippen molar-refractivity contribution in [2.24, 2.45) is 0 Å². The van der Waals surface area contributed by atoms with Crippen LogP contribution in [0.3, 0.4) is 0 Å². The van der Waals surface area contributed by atoms with Crippen LogP contribution in [0, 0.1) is 0 Å². The summed E-state index contributed by atoms with van der Waals surface area (Å²) in [6.45, 7) is 7.14. The van der Waals surface area contributed by atoms with Crippen molar-refractivity contribution in [3.63, 3.8) is 0 Å². The first kappa shape index (κ1) is 20.3. The van der Waals surface area contributed by atoms with Crippen molar-refractivity contribution in [2.45, 2.75) is 13.0 Å². The van der Waals surface area contributed by atoms with Gasteiger partial charge in [0.25, 0.3) is 0 Å². The van der Waals surface area contributed by atoms with Crippen LogP contribution in [0.2, 0.25) is 0 Å². The van der Waals surface area contributed by atoms with Crippen LogP contribution in [-0.2, 0) is 0 Å². The Morgan fingerprint density at radius 1 is 1.00 bits per heavy atom. The second kappa shape index (κ2) is 9.69. The number of hydrogen-bond acceptors (Lipinski definition) is 6. The van der Waals surface area contributed by atoms with E-state index in [9.17, 15) is 0 Å². The molecule has 1 aromatic heterocycles. The Morgan fingerprint density at radius 3 is 2.43 bits per heavy atom. The number of nitrogens with zero attached hydrogens (tertiary/aromatic N) is 4. The van der Waals surface area contributed by atoms with E-state index in [1.165, 1.54) is 5.56 Å². The van der Waals surface area contributed by atoms with Crippen molar-refractivity contribution in [1.29, 1.82) is 0 Å². The fourth-order valence-electron chi connectivity index (χ4n) is 3.65. The van der Waals surface area contributed by atoms with Crippen molar-refractivity contribution >= 4 is 6.08 Å². The smallest absolute Gasteiger partial charge is 0.247 e. The highest BCUT2D eigenvalue weighted by atomic mass is 16.5. The summed E-state index contributed by atoms with van der Waals surface area (Å²) >= 11 is 0. The highest BCUT2D eigenvalue weighted by Gasteiger charge is 2.25. The molecular formula is C24H28N4O2. The third-order valence-electron chi connectivity index (χ3n) is 5.56. The lowest BCUT2D eigenvalue weighted by atomic mass is 10.2. The molecule has 0 radical (unpaired) electrons. The Hall–Kier alpha value is -2.96. The molecule has 0 bridgehead atoms. The fourth-order valence-corrected chi connectivity index (χ4v) is 3.65. The summed E-state index contributed by atoms with van der Waals surface area (Å²) in [5.41, 5.74) is 2.14. The maximum Gasteiger partial charge on any atom is 0.247 e. The minimum absolute atomic E-state index is 0.103. The molecule has 3 aromatic rings. The van der Waals surface area contributed by atoms with E-state index in [0.29, 0.717) is 11.8 Å². The van der Waals surface area contributed by atoms with E-state index in [4.69, 9.17) is 9.15 Å². The number of hydrogen-bond donors (Lipinski definition) is 0. The zero-order valence-electron chi connectivity index (χ0n) is 17.6. The monoisotopic (exact) mass is 404 g/mol. The molecule has 0 unspecified atom stereocenters. The molecule has 4 rings (SSSR count). The fraction of sp³-hybridized carbons (Fsp3) is 0.333. The molecule has 1 aliphatic rings. The maximum atomic E-state index is 5.97. The third-order valence-corrected chi connectivity index (χ3v) is 5.56. The number of aromatic nitrogens is 2. The van der Waals surface area contributed by atoms with Crippen LogP contribution in [0.1, 0.15) is 24.4 Å². The van der Waals surface area contributed by atoms with Crippen LogP contribution >= 0.6 is 0 Å². The average molecular weight is 405 g/mol. The molecule has 0 saturated carbocycles. The molecule has 1 atom stereocenters. The summed E-state index contributed by atoms with van der Waals surface area (Å²) in [7, 11) is 1.65. The van der Waals surface area contributed by atoms with Crippen LogP contribution in [-0.4, -0.2) is 59.8 Å². The van der Waals surface area contributed by atoms with Gasteiger partial charge in [-0.05, 0) is 36.8 Å². The molecule has 1 saturated heterocycles. The van der Waals surface area contributed by atoms with Crippen molar-refractivity contribution < 1.29 is 9.15 Å². The van der Waals surface area contributed by atoms with E-state index in [1.54, 1.807) is 7.11 Å². The van der Waals surface area contributed by atoms with Crippen LogP contribution in [0.15, 0.2) is 65.1 Å². The number of ether oxygens (including phenoxy) is 1. The Balaban J connectivity index is 1.29. The molecule has 0 spiro atoms. The number of methoxy groups -OCH3 is 1. The Labute approximate surface area is 177 Å². The Kier molecular flexibility index (Phi) is 6.57. The summed E-state index contributed by atoms with van der Waals surface area (Å²) in [6, 6.07) is 18.2. The SMILES string of the molecule is COc1ccc(-c2nnc([C@@H](C)N3CCN(C/C=C/c4ccccc4)CC3)o2)cc1. The van der Waals surface area contributed by atoms with E-state index in [1.807, 2.05) is 30.3 Å². The van der Waals surface area contributed by atoms with Gasteiger partial charge in [0.15, 0.2) is 0 Å². The standard InChI is InChI=1S/C24H28N4O2/c1-19(23-25-26-24(30-23)21-10-12-22(29-2)13-11-21)28-17-15-27(16-18-28)14-6-9-20-7-4-3-5-8-20/h3-13,19H,14-18H2,1-2H3/b9-6+/t19-/m1/s1. The maximum absolute atomic E-state index is 5.97. The summed E-state index contributed by atoms with van der Waals surface area (Å²) in [4.78, 5) is 4.88. The van der Waals surface area contributed by atoms with Crippen molar-refractivity contribution in [2.75, 3.05) is 39.8 Å². The lowest BCUT2D eigenvalue weighted by Crippen LogP contribution is -2.47. The molecule has 6 nitrogen and oxygen atoms in total. The van der Waals surface area contributed by atoms with Crippen molar-refractivity contribution in [1.82, 2.24) is 20.0 Å². The summed E-state index contributed by atoms with van der Waals surface area (Å²) in [5, 5.41) is 8.54. The molecule has 2 heterocycles. The molecule has 6 heteroatoms. The molecule has 0 aliphatic carbocycles. The van der Waals surface area contributed by atoms with Crippen LogP contribution in [0.4, 0.5) is 0 Å². The predicted octanol–water partition coefficient (Wildman–Crippen LogP) is 4.14. The Bertz CT molecular complexity index is 945. The van der Waals surface area contributed by atoms with Gasteiger partial charge in [-0.1, -0.05) is 42.5 Å². The first-order valence-electron chi connectivity index (χ1n) is 10.4. The molecule has 0 N–H and O–H groups in total. The molecule has 30 heavy (non-hydrogen) atoms. The lowest BCUT2D eigenvalue weighted by Gasteiger charge is -2.36. The topological polar surface area (TPSA) is 54.6 Å². The van der Waals surface area contributed by atoms with Gasteiger partial charge in [-0.3, -0.25) is 9.80 Å². The van der Waals surface area contributed by atoms with Gasteiger partial charge in [-0.15, -0.1) is 10.2 Å². The number of piperazine rings is 1. The first-order valence-corrected chi connectivity index (χ1v) is 10.4. The zero-order chi connectivity index (χ0) is 20.8. The molecule has 1 fully saturated rings. The predicted molar refractivity (Wildman–Crippen MR) is 118 cm³/mol. The molecule has 2 aromatic carbocycles. The van der Waals surface area contributed by atoms with E-state index >= 15 is 0 Å². The van der Waals surface area contributed by atoms with Gasteiger partial charge in [0.1, 0.15) is 5.75 Å². The number of rotatable bonds is 7. The molecule has 0 amide bonds. The van der Waals surface area contributed by atoms with Crippen molar-refractivity contribution in [3.05, 3.63) is 72.1 Å². The van der Waals surface area contributed by atoms with Gasteiger partial charge in [0.05, 0.1) is 13.2 Å². The minimum atomic E-state index is 0.103. The van der Waals surface area contributed by atoms with E-state index in [2.05, 4.69) is 63.3 Å². The van der Waals surface area contributed by atoms with Gasteiger partial charge in [-0.2, -0.15) is 0 Å². The Morgan fingerprint density at radius 2 is 1.73 bits per heavy atom. The lowest BCUT2D eigenvalue weighted by molar-refractivity contribution is 0.0984. The molecule has 156 valence electrons. The third kappa shape index (κ3) is 4.96. The molecular weight excluding hydrogens is 376 g/mol. The second-order valence-corrected chi connectivity index (χ2v) is 7.50. The van der Waals surface area contributed by atoms with Gasteiger partial charge in [0.2, 0.25) is 11.8 Å². The van der Waals surface area contributed by atoms with E-state index in [-0.39, 0.29) is 6.04 Å². The summed E-state index contributed by atoms with van der Waals surface area (Å²) in [5.74, 6) is 2.02. The van der Waals surface area contributed by atoms with Crippen LogP contribution in [0.5, 0.6) is 5.75 Å². The van der Waals surface area contributed by atoms with Crippen LogP contribution < -0.4 is 4.74 Å². The summed E-state index contributed by atoms with van der Waals surface area (Å²) in [6.07, 6.45) is 4.43. The van der Waals surface area contributed by atoms with E-state index in [0.717, 1.165) is 44.0 Å². The summed E-state index contributed by atoms with van der Waals surface area (Å²) < 4.78 is 11.2. The minimum Gasteiger partial charge on any atom is -0.497 e. The first-order chi connectivity index (χ1) is 14.7. The van der Waals surface area contributed by atoms with E-state index < -0.39 is 0 Å². The van der Waals surface area contributed by atoms with Gasteiger partial charge in [-0.25, -0.2) is 0 Å². The van der Waals surface area contributed by atoms with Crippen LogP contribution in [0.25, 0.3) is 17.5 Å². The van der Waals surface area contributed by atoms with Gasteiger partial charge >= 0.3 is 0 Å². The van der Waals surface area contributed by atoms with Crippen molar-refractivity contribution in [3.8, 4) is 17.2 Å². The van der Waals surface area contributed by atoms with Gasteiger partial charge < -0.3 is 9.15 Å². The van der Waals surface area contributed by atoms with Gasteiger partial charge in [0, 0.05) is 38.3 Å². The highest BCUT2D eigenvalue weighted by Crippen LogP contribution is 2.26. The quantitative estimate of drug-likeness (QED) is 0.590. The second-order valence-electron chi connectivity index (χ2n) is 7.50. The molecule has 1 aliphatic heterocycles. The normalized spacial score (nSPS) is 16.7. The highest BCUT2D eigenvalue weighted by molar-refractivity contribution is 5.54. The number of benzene rings is 2.